The van der Waals surface area contributed by atoms with Crippen molar-refractivity contribution in [2.45, 2.75) is 31.7 Å². The fraction of sp³-hybridized carbons (Fsp3) is 0.286. The molecule has 1 aliphatic heterocycles. The Morgan fingerprint density at radius 2 is 1.70 bits per heavy atom. The number of likely N-dealkylation sites (tertiary alicyclic amines) is 1. The van der Waals surface area contributed by atoms with Gasteiger partial charge in [0.1, 0.15) is 5.01 Å². The molecule has 27 heavy (non-hydrogen) atoms. The van der Waals surface area contributed by atoms with Crippen LogP contribution in [0, 0.1) is 0 Å². The van der Waals surface area contributed by atoms with Crippen molar-refractivity contribution in [3.63, 3.8) is 0 Å². The quantitative estimate of drug-likeness (QED) is 0.479. The molecule has 1 atom stereocenters. The summed E-state index contributed by atoms with van der Waals surface area (Å²) in [6.45, 7) is 0.833. The molecular formula is C21H19N3OS2. The smallest absolute Gasteiger partial charge is 0.223 e. The van der Waals surface area contributed by atoms with Crippen molar-refractivity contribution in [3.8, 4) is 0 Å². The van der Waals surface area contributed by atoms with E-state index in [4.69, 9.17) is 4.98 Å². The van der Waals surface area contributed by atoms with Gasteiger partial charge in [0.15, 0.2) is 0 Å². The predicted molar refractivity (Wildman–Crippen MR) is 111 cm³/mol. The monoisotopic (exact) mass is 393 g/mol. The average molecular weight is 394 g/mol. The normalized spacial score (nSPS) is 17.2. The Kier molecular flexibility index (Phi) is 4.38. The molecule has 1 fully saturated rings. The highest BCUT2D eigenvalue weighted by molar-refractivity contribution is 7.18. The van der Waals surface area contributed by atoms with Crippen LogP contribution in [0.3, 0.4) is 0 Å². The highest BCUT2D eigenvalue weighted by atomic mass is 32.1. The molecule has 136 valence electrons. The summed E-state index contributed by atoms with van der Waals surface area (Å²) >= 11 is 3.41. The van der Waals surface area contributed by atoms with Crippen LogP contribution >= 0.6 is 22.7 Å². The van der Waals surface area contributed by atoms with Crippen LogP contribution in [0.4, 0.5) is 0 Å². The molecule has 2 aromatic heterocycles. The van der Waals surface area contributed by atoms with Crippen molar-refractivity contribution in [1.82, 2.24) is 14.9 Å². The summed E-state index contributed by atoms with van der Waals surface area (Å²) in [5, 5.41) is 2.11. The van der Waals surface area contributed by atoms with Gasteiger partial charge in [0.05, 0.1) is 31.5 Å². The minimum atomic E-state index is 0.130. The SMILES string of the molecule is O=C(CCc1nc2ccccc2s1)N1CCCC1c1nc2ccccc2s1. The van der Waals surface area contributed by atoms with Gasteiger partial charge in [0.2, 0.25) is 5.91 Å². The van der Waals surface area contributed by atoms with Crippen LogP contribution in [0.25, 0.3) is 20.4 Å². The molecule has 4 nitrogen and oxygen atoms in total. The minimum absolute atomic E-state index is 0.130. The number of carbonyl (C=O) groups excluding carboxylic acids is 1. The summed E-state index contributed by atoms with van der Waals surface area (Å²) in [7, 11) is 0. The second-order valence-corrected chi connectivity index (χ2v) is 9.02. The van der Waals surface area contributed by atoms with Crippen molar-refractivity contribution in [1.29, 1.82) is 0 Å². The van der Waals surface area contributed by atoms with Gasteiger partial charge in [-0.25, -0.2) is 9.97 Å². The molecule has 2 aromatic carbocycles. The third-order valence-corrected chi connectivity index (χ3v) is 7.29. The van der Waals surface area contributed by atoms with E-state index >= 15 is 0 Å². The highest BCUT2D eigenvalue weighted by Crippen LogP contribution is 2.37. The molecule has 0 aliphatic carbocycles. The maximum atomic E-state index is 12.9. The Bertz CT molecular complexity index is 1050. The lowest BCUT2D eigenvalue weighted by Gasteiger charge is -2.23. The molecule has 6 heteroatoms. The van der Waals surface area contributed by atoms with Crippen LogP contribution in [0.1, 0.15) is 35.3 Å². The van der Waals surface area contributed by atoms with Gasteiger partial charge in [-0.2, -0.15) is 0 Å². The minimum Gasteiger partial charge on any atom is -0.333 e. The topological polar surface area (TPSA) is 46.1 Å². The number of thiazole rings is 2. The Morgan fingerprint density at radius 3 is 2.44 bits per heavy atom. The molecule has 0 spiro atoms. The Hall–Kier alpha value is -2.31. The Labute approximate surface area is 165 Å². The van der Waals surface area contributed by atoms with Crippen molar-refractivity contribution in [2.24, 2.45) is 0 Å². The second-order valence-electron chi connectivity index (χ2n) is 6.84. The lowest BCUT2D eigenvalue weighted by atomic mass is 10.2. The van der Waals surface area contributed by atoms with Crippen molar-refractivity contribution in [2.75, 3.05) is 6.54 Å². The molecule has 4 aromatic rings. The summed E-state index contributed by atoms with van der Waals surface area (Å²) < 4.78 is 2.38. The summed E-state index contributed by atoms with van der Waals surface area (Å²) in [5.41, 5.74) is 2.06. The number of rotatable bonds is 4. The van der Waals surface area contributed by atoms with Gasteiger partial charge in [-0.15, -0.1) is 22.7 Å². The lowest BCUT2D eigenvalue weighted by Crippen LogP contribution is -2.30. The molecule has 1 aliphatic rings. The molecule has 1 saturated heterocycles. The largest absolute Gasteiger partial charge is 0.333 e. The van der Waals surface area contributed by atoms with E-state index in [2.05, 4.69) is 17.1 Å². The first-order valence-corrected chi connectivity index (χ1v) is 10.9. The van der Waals surface area contributed by atoms with E-state index in [9.17, 15) is 4.79 Å². The van der Waals surface area contributed by atoms with Crippen molar-refractivity contribution in [3.05, 3.63) is 58.5 Å². The highest BCUT2D eigenvalue weighted by Gasteiger charge is 2.32. The van der Waals surface area contributed by atoms with Crippen LogP contribution in [0.2, 0.25) is 0 Å². The first kappa shape index (κ1) is 16.8. The number of carbonyl (C=O) groups is 1. The van der Waals surface area contributed by atoms with E-state index < -0.39 is 0 Å². The van der Waals surface area contributed by atoms with Crippen molar-refractivity contribution < 1.29 is 4.79 Å². The molecule has 0 bridgehead atoms. The zero-order valence-corrected chi connectivity index (χ0v) is 16.4. The molecule has 0 saturated carbocycles. The zero-order chi connectivity index (χ0) is 18.2. The molecule has 0 N–H and O–H groups in total. The van der Waals surface area contributed by atoms with Crippen LogP contribution in [0.5, 0.6) is 0 Å². The number of hydrogen-bond acceptors (Lipinski definition) is 5. The van der Waals surface area contributed by atoms with Gasteiger partial charge in [-0.1, -0.05) is 24.3 Å². The summed E-state index contributed by atoms with van der Waals surface area (Å²) in [4.78, 5) is 24.4. The first-order chi connectivity index (χ1) is 13.3. The number of para-hydroxylation sites is 2. The fourth-order valence-electron chi connectivity index (χ4n) is 3.74. The number of hydrogen-bond donors (Lipinski definition) is 0. The van der Waals surface area contributed by atoms with Crippen LogP contribution in [-0.2, 0) is 11.2 Å². The van der Waals surface area contributed by atoms with Gasteiger partial charge in [0.25, 0.3) is 0 Å². The number of amides is 1. The number of aromatic nitrogens is 2. The van der Waals surface area contributed by atoms with Gasteiger partial charge < -0.3 is 4.90 Å². The summed E-state index contributed by atoms with van der Waals surface area (Å²) in [5.74, 6) is 0.219. The number of aryl methyl sites for hydroxylation is 1. The third-order valence-electron chi connectivity index (χ3n) is 5.06. The van der Waals surface area contributed by atoms with Crippen LogP contribution < -0.4 is 0 Å². The van der Waals surface area contributed by atoms with Gasteiger partial charge in [-0.3, -0.25) is 4.79 Å². The average Bonchev–Trinajstić information content (AvgIpc) is 3.42. The Morgan fingerprint density at radius 1 is 1.00 bits per heavy atom. The van der Waals surface area contributed by atoms with Gasteiger partial charge in [0, 0.05) is 19.4 Å². The summed E-state index contributed by atoms with van der Waals surface area (Å²) in [6.07, 6.45) is 3.28. The fourth-order valence-corrected chi connectivity index (χ4v) is 5.82. The van der Waals surface area contributed by atoms with Gasteiger partial charge >= 0.3 is 0 Å². The summed E-state index contributed by atoms with van der Waals surface area (Å²) in [6, 6.07) is 16.5. The maximum Gasteiger partial charge on any atom is 0.223 e. The molecule has 3 heterocycles. The molecule has 0 radical (unpaired) electrons. The van der Waals surface area contributed by atoms with Gasteiger partial charge in [-0.05, 0) is 37.1 Å². The van der Waals surface area contributed by atoms with Crippen LogP contribution in [0.15, 0.2) is 48.5 Å². The third kappa shape index (κ3) is 3.24. The Balaban J connectivity index is 1.31. The predicted octanol–water partition coefficient (Wildman–Crippen LogP) is 5.20. The van der Waals surface area contributed by atoms with E-state index in [1.807, 2.05) is 41.3 Å². The zero-order valence-electron chi connectivity index (χ0n) is 14.8. The molecule has 5 rings (SSSR count). The van der Waals surface area contributed by atoms with E-state index in [0.29, 0.717) is 12.8 Å². The molecule has 1 amide bonds. The van der Waals surface area contributed by atoms with E-state index in [1.165, 1.54) is 9.40 Å². The van der Waals surface area contributed by atoms with E-state index in [1.54, 1.807) is 22.7 Å². The first-order valence-electron chi connectivity index (χ1n) is 9.27. The number of fused-ring (bicyclic) bond motifs is 2. The number of nitrogens with zero attached hydrogens (tertiary/aromatic N) is 3. The van der Waals surface area contributed by atoms with Crippen LogP contribution in [-0.4, -0.2) is 27.3 Å². The number of benzene rings is 2. The molecule has 1 unspecified atom stereocenters. The van der Waals surface area contributed by atoms with E-state index in [0.717, 1.165) is 40.4 Å². The molecular weight excluding hydrogens is 374 g/mol. The maximum absolute atomic E-state index is 12.9. The lowest BCUT2D eigenvalue weighted by molar-refractivity contribution is -0.132. The van der Waals surface area contributed by atoms with E-state index in [-0.39, 0.29) is 11.9 Å². The standard InChI is InChI=1S/C21H19N3OS2/c25-20(12-11-19-22-14-6-1-3-9-17(14)26-19)24-13-5-8-16(24)21-23-15-7-2-4-10-18(15)27-21/h1-4,6-7,9-10,16H,5,8,11-13H2. The second kappa shape index (κ2) is 7.02. The van der Waals surface area contributed by atoms with Crippen molar-refractivity contribution >= 4 is 49.0 Å².